The van der Waals surface area contributed by atoms with Crippen LogP contribution in [0.5, 0.6) is 0 Å². The first kappa shape index (κ1) is 16.3. The largest absolute Gasteiger partial charge is 0.322 e. The van der Waals surface area contributed by atoms with Crippen LogP contribution in [0.25, 0.3) is 0 Å². The molecule has 21 heavy (non-hydrogen) atoms. The first-order chi connectivity index (χ1) is 9.78. The Morgan fingerprint density at radius 3 is 2.81 bits per heavy atom. The van der Waals surface area contributed by atoms with Crippen LogP contribution in [0.1, 0.15) is 25.6 Å². The zero-order valence-corrected chi connectivity index (χ0v) is 13.2. The highest BCUT2D eigenvalue weighted by molar-refractivity contribution is 7.91. The molecule has 1 aliphatic rings. The zero-order valence-electron chi connectivity index (χ0n) is 12.4. The van der Waals surface area contributed by atoms with Gasteiger partial charge in [-0.05, 0) is 25.0 Å². The summed E-state index contributed by atoms with van der Waals surface area (Å²) in [5.41, 5.74) is 6.83. The fourth-order valence-corrected chi connectivity index (χ4v) is 4.29. The van der Waals surface area contributed by atoms with Crippen molar-refractivity contribution < 1.29 is 12.8 Å². The summed E-state index contributed by atoms with van der Waals surface area (Å²) in [6, 6.07) is 2.65. The van der Waals surface area contributed by atoms with Gasteiger partial charge in [-0.25, -0.2) is 12.8 Å². The lowest BCUT2D eigenvalue weighted by Crippen LogP contribution is -2.49. The van der Waals surface area contributed by atoms with Gasteiger partial charge in [-0.1, -0.05) is 6.92 Å². The number of aromatic nitrogens is 1. The Balaban J connectivity index is 1.97. The molecule has 2 heterocycles. The summed E-state index contributed by atoms with van der Waals surface area (Å²) in [6.07, 6.45) is 1.16. The molecule has 2 N–H and O–H groups in total. The van der Waals surface area contributed by atoms with Gasteiger partial charge in [-0.2, -0.15) is 0 Å². The SMILES string of the molecule is CC(CN1CCS(=O)(=O)CC1C)C(N)c1ccc(F)cn1. The van der Waals surface area contributed by atoms with Crippen molar-refractivity contribution >= 4 is 9.84 Å². The maximum absolute atomic E-state index is 12.9. The van der Waals surface area contributed by atoms with E-state index in [4.69, 9.17) is 5.73 Å². The van der Waals surface area contributed by atoms with E-state index in [-0.39, 0.29) is 35.3 Å². The van der Waals surface area contributed by atoms with Crippen LogP contribution in [-0.4, -0.2) is 48.9 Å². The van der Waals surface area contributed by atoms with Crippen LogP contribution < -0.4 is 5.73 Å². The van der Waals surface area contributed by atoms with Gasteiger partial charge in [0.25, 0.3) is 0 Å². The van der Waals surface area contributed by atoms with E-state index in [1.165, 1.54) is 6.07 Å². The summed E-state index contributed by atoms with van der Waals surface area (Å²) in [6.45, 7) is 5.17. The van der Waals surface area contributed by atoms with Crippen LogP contribution in [0, 0.1) is 11.7 Å². The van der Waals surface area contributed by atoms with Gasteiger partial charge in [0.1, 0.15) is 5.82 Å². The molecule has 3 unspecified atom stereocenters. The highest BCUT2D eigenvalue weighted by atomic mass is 32.2. The maximum Gasteiger partial charge on any atom is 0.153 e. The molecule has 0 aromatic carbocycles. The van der Waals surface area contributed by atoms with E-state index in [9.17, 15) is 12.8 Å². The topological polar surface area (TPSA) is 76.3 Å². The van der Waals surface area contributed by atoms with E-state index in [1.54, 1.807) is 6.07 Å². The Hall–Kier alpha value is -1.05. The molecule has 0 radical (unpaired) electrons. The van der Waals surface area contributed by atoms with Crippen molar-refractivity contribution in [2.24, 2.45) is 11.7 Å². The number of halogens is 1. The highest BCUT2D eigenvalue weighted by Gasteiger charge is 2.30. The first-order valence-corrected chi connectivity index (χ1v) is 8.92. The Morgan fingerprint density at radius 1 is 1.52 bits per heavy atom. The molecule has 0 spiro atoms. The molecule has 1 aliphatic heterocycles. The Labute approximate surface area is 125 Å². The molecule has 7 heteroatoms. The summed E-state index contributed by atoms with van der Waals surface area (Å²) in [4.78, 5) is 6.17. The van der Waals surface area contributed by atoms with Gasteiger partial charge in [-0.3, -0.25) is 9.88 Å². The maximum atomic E-state index is 12.9. The quantitative estimate of drug-likeness (QED) is 0.896. The average molecular weight is 315 g/mol. The molecular weight excluding hydrogens is 293 g/mol. The van der Waals surface area contributed by atoms with Gasteiger partial charge >= 0.3 is 0 Å². The van der Waals surface area contributed by atoms with Crippen molar-refractivity contribution in [2.75, 3.05) is 24.6 Å². The van der Waals surface area contributed by atoms with Gasteiger partial charge in [-0.15, -0.1) is 0 Å². The molecule has 1 aromatic heterocycles. The second kappa shape index (κ2) is 6.37. The lowest BCUT2D eigenvalue weighted by molar-refractivity contribution is 0.185. The predicted octanol–water partition coefficient (Wildman–Crippen LogP) is 0.976. The number of hydrogen-bond donors (Lipinski definition) is 1. The van der Waals surface area contributed by atoms with E-state index in [1.807, 2.05) is 13.8 Å². The number of nitrogens with two attached hydrogens (primary N) is 1. The van der Waals surface area contributed by atoms with Gasteiger partial charge in [0.15, 0.2) is 9.84 Å². The van der Waals surface area contributed by atoms with Crippen LogP contribution in [0.15, 0.2) is 18.3 Å². The normalized spacial score (nSPS) is 25.4. The number of pyridine rings is 1. The van der Waals surface area contributed by atoms with Gasteiger partial charge in [0, 0.05) is 19.1 Å². The van der Waals surface area contributed by atoms with Crippen LogP contribution >= 0.6 is 0 Å². The van der Waals surface area contributed by atoms with Gasteiger partial charge < -0.3 is 5.73 Å². The van der Waals surface area contributed by atoms with E-state index in [2.05, 4.69) is 9.88 Å². The predicted molar refractivity (Wildman–Crippen MR) is 80.0 cm³/mol. The monoisotopic (exact) mass is 315 g/mol. The average Bonchev–Trinajstić information content (AvgIpc) is 2.41. The standard InChI is InChI=1S/C14H22FN3O2S/c1-10(14(16)13-4-3-12(15)7-17-13)8-18-5-6-21(19,20)9-11(18)2/h3-4,7,10-11,14H,5-6,8-9,16H2,1-2H3. The molecule has 0 aliphatic carbocycles. The van der Waals surface area contributed by atoms with Crippen molar-refractivity contribution in [3.05, 3.63) is 29.8 Å². The van der Waals surface area contributed by atoms with Crippen LogP contribution in [-0.2, 0) is 9.84 Å². The lowest BCUT2D eigenvalue weighted by Gasteiger charge is -2.36. The third-order valence-corrected chi connectivity index (χ3v) is 5.83. The Bertz CT molecular complexity index is 576. The zero-order chi connectivity index (χ0) is 15.6. The molecule has 1 aromatic rings. The number of sulfone groups is 1. The van der Waals surface area contributed by atoms with Crippen LogP contribution in [0.3, 0.4) is 0 Å². The van der Waals surface area contributed by atoms with E-state index < -0.39 is 9.84 Å². The van der Waals surface area contributed by atoms with Gasteiger partial charge in [0.2, 0.25) is 0 Å². The fourth-order valence-electron chi connectivity index (χ4n) is 2.66. The summed E-state index contributed by atoms with van der Waals surface area (Å²) in [5, 5.41) is 0. The third-order valence-electron chi connectivity index (χ3n) is 4.04. The molecule has 0 bridgehead atoms. The first-order valence-electron chi connectivity index (χ1n) is 7.10. The smallest absolute Gasteiger partial charge is 0.153 e. The molecule has 0 amide bonds. The molecule has 0 saturated carbocycles. The summed E-state index contributed by atoms with van der Waals surface area (Å²) < 4.78 is 36.0. The van der Waals surface area contributed by atoms with E-state index in [0.29, 0.717) is 18.8 Å². The van der Waals surface area contributed by atoms with Crippen molar-refractivity contribution in [1.29, 1.82) is 0 Å². The fraction of sp³-hybridized carbons (Fsp3) is 0.643. The van der Waals surface area contributed by atoms with Crippen LogP contribution in [0.2, 0.25) is 0 Å². The molecule has 1 saturated heterocycles. The minimum absolute atomic E-state index is 0.000392. The van der Waals surface area contributed by atoms with Crippen molar-refractivity contribution in [3.63, 3.8) is 0 Å². The molecule has 2 rings (SSSR count). The molecule has 5 nitrogen and oxygen atoms in total. The number of hydrogen-bond acceptors (Lipinski definition) is 5. The highest BCUT2D eigenvalue weighted by Crippen LogP contribution is 2.21. The molecule has 3 atom stereocenters. The van der Waals surface area contributed by atoms with Crippen molar-refractivity contribution in [1.82, 2.24) is 9.88 Å². The number of rotatable bonds is 4. The minimum atomic E-state index is -2.90. The molecule has 118 valence electrons. The van der Waals surface area contributed by atoms with E-state index in [0.717, 1.165) is 6.20 Å². The number of nitrogens with zero attached hydrogens (tertiary/aromatic N) is 2. The van der Waals surface area contributed by atoms with Crippen LogP contribution in [0.4, 0.5) is 4.39 Å². The Morgan fingerprint density at radius 2 is 2.24 bits per heavy atom. The minimum Gasteiger partial charge on any atom is -0.322 e. The van der Waals surface area contributed by atoms with Gasteiger partial charge in [0.05, 0.1) is 29.4 Å². The second-order valence-electron chi connectivity index (χ2n) is 5.86. The third kappa shape index (κ3) is 4.21. The molecular formula is C14H22FN3O2S. The summed E-state index contributed by atoms with van der Waals surface area (Å²) >= 11 is 0. The summed E-state index contributed by atoms with van der Waals surface area (Å²) in [5.74, 6) is 0.123. The summed E-state index contributed by atoms with van der Waals surface area (Å²) in [7, 11) is -2.90. The van der Waals surface area contributed by atoms with Crippen molar-refractivity contribution in [2.45, 2.75) is 25.9 Å². The lowest BCUT2D eigenvalue weighted by atomic mass is 9.98. The van der Waals surface area contributed by atoms with Crippen molar-refractivity contribution in [3.8, 4) is 0 Å². The Kier molecular flexibility index (Phi) is 4.95. The van der Waals surface area contributed by atoms with E-state index >= 15 is 0 Å². The molecule has 1 fully saturated rings. The second-order valence-corrected chi connectivity index (χ2v) is 8.09.